The number of amidine groups is 1. The van der Waals surface area contributed by atoms with Crippen LogP contribution in [0.3, 0.4) is 0 Å². The number of nitrogens with zero attached hydrogens (tertiary/aromatic N) is 2. The molecule has 0 N–H and O–H groups in total. The van der Waals surface area contributed by atoms with Crippen LogP contribution in [-0.2, 0) is 6.54 Å². The zero-order chi connectivity index (χ0) is 9.54. The van der Waals surface area contributed by atoms with Crippen molar-refractivity contribution in [2.24, 2.45) is 4.99 Å². The molecule has 0 spiro atoms. The number of rotatable bonds is 0. The zero-order valence-electron chi connectivity index (χ0n) is 8.40. The Bertz CT molecular complexity index is 395. The van der Waals surface area contributed by atoms with Crippen molar-refractivity contribution in [3.63, 3.8) is 0 Å². The molecule has 0 fully saturated rings. The smallest absolute Gasteiger partial charge is 0.0965 e. The second-order valence-electron chi connectivity index (χ2n) is 4.06. The fourth-order valence-corrected chi connectivity index (χ4v) is 2.56. The summed E-state index contributed by atoms with van der Waals surface area (Å²) in [5, 5.41) is 0. The van der Waals surface area contributed by atoms with Gasteiger partial charge in [-0.05, 0) is 24.5 Å². The van der Waals surface area contributed by atoms with E-state index < -0.39 is 0 Å². The Morgan fingerprint density at radius 1 is 1.36 bits per heavy atom. The fraction of sp³-hybridized carbons (Fsp3) is 0.417. The molecule has 0 bridgehead atoms. The molecule has 3 rings (SSSR count). The van der Waals surface area contributed by atoms with Gasteiger partial charge in [0.2, 0.25) is 0 Å². The fourth-order valence-electron chi connectivity index (χ4n) is 2.56. The van der Waals surface area contributed by atoms with Gasteiger partial charge in [-0.2, -0.15) is 0 Å². The third kappa shape index (κ3) is 0.999. The highest BCUT2D eigenvalue weighted by Gasteiger charge is 2.31. The van der Waals surface area contributed by atoms with Gasteiger partial charge in [0.25, 0.3) is 0 Å². The minimum absolute atomic E-state index is 0.601. The molecule has 0 aromatic heterocycles. The summed E-state index contributed by atoms with van der Waals surface area (Å²) < 4.78 is 0. The summed E-state index contributed by atoms with van der Waals surface area (Å²) in [6, 6.07) is 9.37. The number of hydrogen-bond donors (Lipinski definition) is 0. The lowest BCUT2D eigenvalue weighted by Crippen LogP contribution is -2.31. The molecule has 0 radical (unpaired) electrons. The first-order valence-corrected chi connectivity index (χ1v) is 5.22. The van der Waals surface area contributed by atoms with E-state index in [0.717, 1.165) is 13.1 Å². The maximum atomic E-state index is 4.50. The second-order valence-corrected chi connectivity index (χ2v) is 4.06. The summed E-state index contributed by atoms with van der Waals surface area (Å²) in [6.07, 6.45) is 1.17. The molecule has 2 nitrogen and oxygen atoms in total. The Kier molecular flexibility index (Phi) is 1.63. The van der Waals surface area contributed by atoms with E-state index in [-0.39, 0.29) is 0 Å². The minimum atomic E-state index is 0.601. The molecule has 1 aromatic rings. The Hall–Kier alpha value is -1.31. The van der Waals surface area contributed by atoms with Crippen LogP contribution in [0.5, 0.6) is 0 Å². The first-order chi connectivity index (χ1) is 6.86. The molecule has 0 saturated heterocycles. The van der Waals surface area contributed by atoms with Crippen LogP contribution in [0.25, 0.3) is 0 Å². The van der Waals surface area contributed by atoms with Crippen molar-refractivity contribution in [1.29, 1.82) is 0 Å². The number of fused-ring (bicyclic) bond motifs is 3. The predicted molar refractivity (Wildman–Crippen MR) is 57.3 cm³/mol. The van der Waals surface area contributed by atoms with E-state index in [2.05, 4.69) is 41.1 Å². The molecule has 0 saturated carbocycles. The molecule has 1 aromatic carbocycles. The first kappa shape index (κ1) is 8.04. The maximum absolute atomic E-state index is 4.50. The highest BCUT2D eigenvalue weighted by molar-refractivity contribution is 5.81. The average Bonchev–Trinajstić information content (AvgIpc) is 2.59. The van der Waals surface area contributed by atoms with Crippen LogP contribution in [0.2, 0.25) is 0 Å². The van der Waals surface area contributed by atoms with Crippen molar-refractivity contribution < 1.29 is 0 Å². The van der Waals surface area contributed by atoms with Gasteiger partial charge in [-0.15, -0.1) is 0 Å². The van der Waals surface area contributed by atoms with Gasteiger partial charge < -0.3 is 4.90 Å². The van der Waals surface area contributed by atoms with Crippen LogP contribution in [0.1, 0.15) is 30.5 Å². The number of hydrogen-bond acceptors (Lipinski definition) is 2. The summed E-state index contributed by atoms with van der Waals surface area (Å²) in [7, 11) is 0. The van der Waals surface area contributed by atoms with Crippen molar-refractivity contribution in [3.8, 4) is 0 Å². The second kappa shape index (κ2) is 2.84. The van der Waals surface area contributed by atoms with E-state index in [0.29, 0.717) is 6.04 Å². The minimum Gasteiger partial charge on any atom is -0.349 e. The van der Waals surface area contributed by atoms with Gasteiger partial charge in [-0.3, -0.25) is 4.99 Å². The normalized spacial score (nSPS) is 24.2. The van der Waals surface area contributed by atoms with Crippen LogP contribution in [-0.4, -0.2) is 17.3 Å². The number of aliphatic imine (C=N–C) groups is 1. The van der Waals surface area contributed by atoms with E-state index in [1.807, 2.05) is 0 Å². The topological polar surface area (TPSA) is 15.6 Å². The summed E-state index contributed by atoms with van der Waals surface area (Å²) in [5.41, 5.74) is 3.00. The molecular formula is C12H14N2. The van der Waals surface area contributed by atoms with Gasteiger partial charge in [-0.1, -0.05) is 24.3 Å². The van der Waals surface area contributed by atoms with Gasteiger partial charge >= 0.3 is 0 Å². The molecule has 0 amide bonds. The van der Waals surface area contributed by atoms with E-state index in [9.17, 15) is 0 Å². The van der Waals surface area contributed by atoms with Crippen molar-refractivity contribution in [2.75, 3.05) is 6.54 Å². The lowest BCUT2D eigenvalue weighted by Gasteiger charge is -2.30. The molecular weight excluding hydrogens is 172 g/mol. The third-order valence-electron chi connectivity index (χ3n) is 3.29. The Balaban J connectivity index is 2.07. The van der Waals surface area contributed by atoms with E-state index >= 15 is 0 Å². The molecule has 0 aliphatic carbocycles. The first-order valence-electron chi connectivity index (χ1n) is 5.22. The van der Waals surface area contributed by atoms with E-state index in [1.54, 1.807) is 0 Å². The lowest BCUT2D eigenvalue weighted by atomic mass is 10.0. The Morgan fingerprint density at radius 2 is 2.21 bits per heavy atom. The highest BCUT2D eigenvalue weighted by Crippen LogP contribution is 2.37. The van der Waals surface area contributed by atoms with Crippen molar-refractivity contribution in [2.45, 2.75) is 25.9 Å². The highest BCUT2D eigenvalue weighted by atomic mass is 15.2. The van der Waals surface area contributed by atoms with Crippen LogP contribution < -0.4 is 0 Å². The molecule has 2 heteroatoms. The van der Waals surface area contributed by atoms with Gasteiger partial charge in [-0.25, -0.2) is 0 Å². The van der Waals surface area contributed by atoms with Crippen molar-refractivity contribution in [1.82, 2.24) is 4.90 Å². The summed E-state index contributed by atoms with van der Waals surface area (Å²) in [6.45, 7) is 4.16. The van der Waals surface area contributed by atoms with E-state index in [1.165, 1.54) is 23.4 Å². The molecule has 2 aliphatic heterocycles. The van der Waals surface area contributed by atoms with Crippen LogP contribution in [0.4, 0.5) is 0 Å². The summed E-state index contributed by atoms with van der Waals surface area (Å²) >= 11 is 0. The molecule has 72 valence electrons. The standard InChI is InChI=1S/C12H14N2/c1-9-13-7-6-12-11-5-3-2-4-10(11)8-14(9)12/h2-5,12H,6-8H2,1H3. The number of benzene rings is 1. The lowest BCUT2D eigenvalue weighted by molar-refractivity contribution is 0.312. The molecule has 2 aliphatic rings. The maximum Gasteiger partial charge on any atom is 0.0965 e. The average molecular weight is 186 g/mol. The zero-order valence-corrected chi connectivity index (χ0v) is 8.40. The Labute approximate surface area is 84.3 Å². The molecule has 2 heterocycles. The van der Waals surface area contributed by atoms with Crippen LogP contribution >= 0.6 is 0 Å². The molecule has 1 unspecified atom stereocenters. The largest absolute Gasteiger partial charge is 0.349 e. The third-order valence-corrected chi connectivity index (χ3v) is 3.29. The van der Waals surface area contributed by atoms with Crippen LogP contribution in [0, 0.1) is 0 Å². The SMILES string of the molecule is CC1=NCCC2c3ccccc3CN12. The summed E-state index contributed by atoms with van der Waals surface area (Å²) in [5.74, 6) is 1.21. The monoisotopic (exact) mass is 186 g/mol. The van der Waals surface area contributed by atoms with Gasteiger partial charge in [0.05, 0.1) is 11.9 Å². The van der Waals surface area contributed by atoms with Gasteiger partial charge in [0.15, 0.2) is 0 Å². The quantitative estimate of drug-likeness (QED) is 0.607. The Morgan fingerprint density at radius 3 is 3.14 bits per heavy atom. The van der Waals surface area contributed by atoms with Crippen molar-refractivity contribution >= 4 is 5.84 Å². The molecule has 14 heavy (non-hydrogen) atoms. The van der Waals surface area contributed by atoms with Crippen molar-refractivity contribution in [3.05, 3.63) is 35.4 Å². The van der Waals surface area contributed by atoms with Gasteiger partial charge in [0, 0.05) is 13.1 Å². The summed E-state index contributed by atoms with van der Waals surface area (Å²) in [4.78, 5) is 6.92. The van der Waals surface area contributed by atoms with Gasteiger partial charge in [0.1, 0.15) is 0 Å². The van der Waals surface area contributed by atoms with E-state index in [4.69, 9.17) is 0 Å². The van der Waals surface area contributed by atoms with Crippen LogP contribution in [0.15, 0.2) is 29.3 Å². The predicted octanol–water partition coefficient (Wildman–Crippen LogP) is 2.37. The molecule has 1 atom stereocenters.